The van der Waals surface area contributed by atoms with Gasteiger partial charge in [0.25, 0.3) is 0 Å². The largest absolute Gasteiger partial charge is 0.294 e. The van der Waals surface area contributed by atoms with E-state index in [1.807, 2.05) is 12.1 Å². The van der Waals surface area contributed by atoms with Crippen molar-refractivity contribution in [1.82, 2.24) is 0 Å². The number of aryl methyl sites for hydroxylation is 1. The smallest absolute Gasteiger partial charge is 0.161 e. The molecule has 2 heteroatoms. The lowest BCUT2D eigenvalue weighted by molar-refractivity contribution is 0.101. The van der Waals surface area contributed by atoms with E-state index in [0.29, 0.717) is 10.6 Å². The number of carbonyl (C=O) groups is 1. The average molecular weight is 287 g/mol. The van der Waals surface area contributed by atoms with Crippen LogP contribution in [-0.4, -0.2) is 5.78 Å². The highest BCUT2D eigenvalue weighted by Gasteiger charge is 2.07. The number of benzene rings is 2. The molecule has 0 amide bonds. The quantitative estimate of drug-likeness (QED) is 0.658. The van der Waals surface area contributed by atoms with Crippen LogP contribution in [0.1, 0.15) is 42.6 Å². The molecule has 2 aromatic rings. The molecule has 2 rings (SSSR count). The van der Waals surface area contributed by atoms with Crippen LogP contribution in [0.15, 0.2) is 42.5 Å². The maximum absolute atomic E-state index is 11.4. The van der Waals surface area contributed by atoms with Gasteiger partial charge >= 0.3 is 0 Å². The highest BCUT2D eigenvalue weighted by Crippen LogP contribution is 2.26. The van der Waals surface area contributed by atoms with Gasteiger partial charge in [0.1, 0.15) is 0 Å². The number of hydrogen-bond donors (Lipinski definition) is 0. The van der Waals surface area contributed by atoms with Crippen LogP contribution in [0.5, 0.6) is 0 Å². The fraction of sp³-hybridized carbons (Fsp3) is 0.278. The second kappa shape index (κ2) is 6.71. The Morgan fingerprint density at radius 3 is 2.25 bits per heavy atom. The van der Waals surface area contributed by atoms with Crippen molar-refractivity contribution in [2.24, 2.45) is 0 Å². The zero-order chi connectivity index (χ0) is 14.5. The standard InChI is InChI=1S/C18H19ClO/c1-3-4-5-14-6-8-15(9-7-14)16-10-11-17(13(2)20)18(19)12-16/h6-12H,3-5H2,1-2H3. The molecule has 0 fully saturated rings. The SMILES string of the molecule is CCCCc1ccc(-c2ccc(C(C)=O)c(Cl)c2)cc1. The van der Waals surface area contributed by atoms with Gasteiger partial charge in [-0.1, -0.05) is 55.3 Å². The first-order valence-corrected chi connectivity index (χ1v) is 7.39. The second-order valence-electron chi connectivity index (χ2n) is 5.05. The van der Waals surface area contributed by atoms with Crippen molar-refractivity contribution >= 4 is 17.4 Å². The monoisotopic (exact) mass is 286 g/mol. The Morgan fingerprint density at radius 2 is 1.70 bits per heavy atom. The molecule has 0 N–H and O–H groups in total. The fourth-order valence-corrected chi connectivity index (χ4v) is 2.54. The minimum absolute atomic E-state index is 0.00327. The Hall–Kier alpha value is -1.60. The fourth-order valence-electron chi connectivity index (χ4n) is 2.22. The summed E-state index contributed by atoms with van der Waals surface area (Å²) in [6.45, 7) is 3.73. The van der Waals surface area contributed by atoms with E-state index in [1.165, 1.54) is 25.3 Å². The van der Waals surface area contributed by atoms with E-state index in [9.17, 15) is 4.79 Å². The van der Waals surface area contributed by atoms with Gasteiger partial charge in [0.15, 0.2) is 5.78 Å². The van der Waals surface area contributed by atoms with Gasteiger partial charge in [-0.2, -0.15) is 0 Å². The summed E-state index contributed by atoms with van der Waals surface area (Å²) in [7, 11) is 0. The lowest BCUT2D eigenvalue weighted by Crippen LogP contribution is -1.93. The van der Waals surface area contributed by atoms with Crippen LogP contribution in [0.25, 0.3) is 11.1 Å². The van der Waals surface area contributed by atoms with Crippen molar-refractivity contribution in [2.75, 3.05) is 0 Å². The van der Waals surface area contributed by atoms with Gasteiger partial charge in [0, 0.05) is 5.56 Å². The van der Waals surface area contributed by atoms with E-state index in [2.05, 4.69) is 31.2 Å². The highest BCUT2D eigenvalue weighted by atomic mass is 35.5. The van der Waals surface area contributed by atoms with Gasteiger partial charge in [-0.05, 0) is 48.6 Å². The predicted octanol–water partition coefficient (Wildman–Crippen LogP) is 5.55. The normalized spacial score (nSPS) is 10.6. The van der Waals surface area contributed by atoms with Gasteiger partial charge in [0.05, 0.1) is 5.02 Å². The minimum atomic E-state index is -0.00327. The van der Waals surface area contributed by atoms with Gasteiger partial charge < -0.3 is 0 Å². The third-order valence-electron chi connectivity index (χ3n) is 3.45. The summed E-state index contributed by atoms with van der Waals surface area (Å²) in [6, 6.07) is 14.2. The van der Waals surface area contributed by atoms with Crippen molar-refractivity contribution in [1.29, 1.82) is 0 Å². The van der Waals surface area contributed by atoms with Crippen molar-refractivity contribution in [3.63, 3.8) is 0 Å². The number of rotatable bonds is 5. The van der Waals surface area contributed by atoms with Gasteiger partial charge in [-0.15, -0.1) is 0 Å². The molecule has 0 saturated carbocycles. The first-order valence-electron chi connectivity index (χ1n) is 7.01. The molecule has 1 nitrogen and oxygen atoms in total. The summed E-state index contributed by atoms with van der Waals surface area (Å²) in [6.07, 6.45) is 3.56. The molecule has 0 aliphatic heterocycles. The molecule has 0 heterocycles. The van der Waals surface area contributed by atoms with Crippen LogP contribution in [0.4, 0.5) is 0 Å². The third-order valence-corrected chi connectivity index (χ3v) is 3.77. The van der Waals surface area contributed by atoms with Crippen LogP contribution in [0.2, 0.25) is 5.02 Å². The van der Waals surface area contributed by atoms with E-state index in [0.717, 1.165) is 17.5 Å². The van der Waals surface area contributed by atoms with Gasteiger partial charge in [0.2, 0.25) is 0 Å². The molecule has 2 aromatic carbocycles. The number of Topliss-reactive ketones (excluding diaryl/α,β-unsaturated/α-hetero) is 1. The van der Waals surface area contributed by atoms with Crippen LogP contribution < -0.4 is 0 Å². The number of hydrogen-bond acceptors (Lipinski definition) is 1. The van der Waals surface area contributed by atoms with E-state index in [-0.39, 0.29) is 5.78 Å². The van der Waals surface area contributed by atoms with Crippen LogP contribution in [0, 0.1) is 0 Å². The predicted molar refractivity (Wildman–Crippen MR) is 85.5 cm³/mol. The number of unbranched alkanes of at least 4 members (excludes halogenated alkanes) is 1. The Labute approximate surface area is 125 Å². The Morgan fingerprint density at radius 1 is 1.05 bits per heavy atom. The first-order chi connectivity index (χ1) is 9.61. The Balaban J connectivity index is 2.23. The van der Waals surface area contributed by atoms with Crippen molar-refractivity contribution in [2.45, 2.75) is 33.1 Å². The number of halogens is 1. The van der Waals surface area contributed by atoms with Crippen LogP contribution >= 0.6 is 11.6 Å². The molecule has 0 saturated heterocycles. The van der Waals surface area contributed by atoms with Gasteiger partial charge in [-0.25, -0.2) is 0 Å². The molecule has 104 valence electrons. The van der Waals surface area contributed by atoms with Crippen molar-refractivity contribution in [3.05, 3.63) is 58.6 Å². The van der Waals surface area contributed by atoms with E-state index >= 15 is 0 Å². The molecule has 0 radical (unpaired) electrons. The summed E-state index contributed by atoms with van der Waals surface area (Å²) in [5.41, 5.74) is 4.11. The first kappa shape index (κ1) is 14.8. The Kier molecular flexibility index (Phi) is 4.97. The summed E-state index contributed by atoms with van der Waals surface area (Å²) < 4.78 is 0. The summed E-state index contributed by atoms with van der Waals surface area (Å²) in [4.78, 5) is 11.4. The molecule has 0 atom stereocenters. The molecular weight excluding hydrogens is 268 g/mol. The molecule has 0 aliphatic carbocycles. The highest BCUT2D eigenvalue weighted by molar-refractivity contribution is 6.34. The number of ketones is 1. The summed E-state index contributed by atoms with van der Waals surface area (Å²) in [5, 5.41) is 0.519. The lowest BCUT2D eigenvalue weighted by atomic mass is 10.00. The Bertz CT molecular complexity index is 599. The molecular formula is C18H19ClO. The minimum Gasteiger partial charge on any atom is -0.294 e. The summed E-state index contributed by atoms with van der Waals surface area (Å²) >= 11 is 6.15. The molecule has 20 heavy (non-hydrogen) atoms. The van der Waals surface area contributed by atoms with Gasteiger partial charge in [-0.3, -0.25) is 4.79 Å². The zero-order valence-electron chi connectivity index (χ0n) is 11.9. The lowest BCUT2D eigenvalue weighted by Gasteiger charge is -2.07. The van der Waals surface area contributed by atoms with Crippen LogP contribution in [0.3, 0.4) is 0 Å². The van der Waals surface area contributed by atoms with E-state index < -0.39 is 0 Å². The molecule has 0 spiro atoms. The average Bonchev–Trinajstić information content (AvgIpc) is 2.45. The van der Waals surface area contributed by atoms with E-state index in [4.69, 9.17) is 11.6 Å². The topological polar surface area (TPSA) is 17.1 Å². The molecule has 0 aromatic heterocycles. The van der Waals surface area contributed by atoms with E-state index in [1.54, 1.807) is 6.07 Å². The summed E-state index contributed by atoms with van der Waals surface area (Å²) in [5.74, 6) is -0.00327. The third kappa shape index (κ3) is 3.49. The maximum Gasteiger partial charge on any atom is 0.161 e. The van der Waals surface area contributed by atoms with Crippen molar-refractivity contribution < 1.29 is 4.79 Å². The molecule has 0 unspecified atom stereocenters. The van der Waals surface area contributed by atoms with Crippen LogP contribution in [-0.2, 0) is 6.42 Å². The van der Waals surface area contributed by atoms with Crippen molar-refractivity contribution in [3.8, 4) is 11.1 Å². The molecule has 0 aliphatic rings. The second-order valence-corrected chi connectivity index (χ2v) is 5.46. The zero-order valence-corrected chi connectivity index (χ0v) is 12.7. The maximum atomic E-state index is 11.4. The number of carbonyl (C=O) groups excluding carboxylic acids is 1. The molecule has 0 bridgehead atoms.